The molecule has 0 bridgehead atoms. The summed E-state index contributed by atoms with van der Waals surface area (Å²) in [5.41, 5.74) is 7.11. The zero-order chi connectivity index (χ0) is 15.2. The Kier molecular flexibility index (Phi) is 4.71. The summed E-state index contributed by atoms with van der Waals surface area (Å²) in [5, 5.41) is 5.57. The minimum atomic E-state index is -2.48. The van der Waals surface area contributed by atoms with E-state index in [1.54, 1.807) is 30.3 Å². The van der Waals surface area contributed by atoms with Crippen LogP contribution in [0.5, 0.6) is 0 Å². The molecule has 0 aliphatic carbocycles. The zero-order valence-corrected chi connectivity index (χ0v) is 11.1. The monoisotopic (exact) mass is 291 g/mol. The number of carbonyl (C=O) groups is 1. The number of hydrogen-bond acceptors (Lipinski definition) is 2. The molecule has 0 fully saturated rings. The van der Waals surface area contributed by atoms with Gasteiger partial charge in [-0.25, -0.2) is 13.6 Å². The Hall–Kier alpha value is -2.63. The lowest BCUT2D eigenvalue weighted by Crippen LogP contribution is -2.19. The van der Waals surface area contributed by atoms with Gasteiger partial charge in [-0.15, -0.1) is 0 Å². The summed E-state index contributed by atoms with van der Waals surface area (Å²) >= 11 is 0. The van der Waals surface area contributed by atoms with Crippen molar-refractivity contribution in [2.75, 3.05) is 10.6 Å². The molecule has 0 atom stereocenters. The molecule has 0 radical (unpaired) electrons. The molecule has 2 amide bonds. The highest BCUT2D eigenvalue weighted by molar-refractivity contribution is 5.88. The first-order chi connectivity index (χ1) is 10.0. The van der Waals surface area contributed by atoms with E-state index in [9.17, 15) is 13.6 Å². The molecule has 2 aromatic rings. The standard InChI is InChI=1S/C15H15F2N3O/c16-14(17)11-4-1-3-10(7-11)9-19-12-5-2-6-13(8-12)20-15(18)21/h1-8,14,19H,9H2,(H3,18,20,21). The third-order valence-electron chi connectivity index (χ3n) is 2.83. The highest BCUT2D eigenvalue weighted by Gasteiger charge is 2.06. The maximum absolute atomic E-state index is 12.6. The van der Waals surface area contributed by atoms with Gasteiger partial charge in [-0.3, -0.25) is 0 Å². The first kappa shape index (κ1) is 14.8. The highest BCUT2D eigenvalue weighted by Crippen LogP contribution is 2.20. The van der Waals surface area contributed by atoms with Crippen LogP contribution < -0.4 is 16.4 Å². The number of primary amides is 1. The zero-order valence-electron chi connectivity index (χ0n) is 11.1. The van der Waals surface area contributed by atoms with Crippen molar-refractivity contribution in [3.63, 3.8) is 0 Å². The first-order valence-corrected chi connectivity index (χ1v) is 6.32. The second-order valence-corrected chi connectivity index (χ2v) is 4.47. The van der Waals surface area contributed by atoms with Crippen LogP contribution in [0.1, 0.15) is 17.6 Å². The Morgan fingerprint density at radius 3 is 2.52 bits per heavy atom. The molecule has 0 unspecified atom stereocenters. The van der Waals surface area contributed by atoms with Crippen molar-refractivity contribution in [2.45, 2.75) is 13.0 Å². The van der Waals surface area contributed by atoms with Gasteiger partial charge in [-0.2, -0.15) is 0 Å². The smallest absolute Gasteiger partial charge is 0.316 e. The summed E-state index contributed by atoms with van der Waals surface area (Å²) in [6.07, 6.45) is -2.48. The third-order valence-corrected chi connectivity index (χ3v) is 2.83. The largest absolute Gasteiger partial charge is 0.381 e. The second kappa shape index (κ2) is 6.69. The predicted molar refractivity (Wildman–Crippen MR) is 78.4 cm³/mol. The molecular formula is C15H15F2N3O. The molecule has 0 aliphatic rings. The van der Waals surface area contributed by atoms with Gasteiger partial charge in [0.25, 0.3) is 6.43 Å². The predicted octanol–water partition coefficient (Wildman–Crippen LogP) is 3.73. The van der Waals surface area contributed by atoms with Crippen LogP contribution in [0, 0.1) is 0 Å². The van der Waals surface area contributed by atoms with Crippen molar-refractivity contribution in [1.82, 2.24) is 0 Å². The van der Waals surface area contributed by atoms with Crippen molar-refractivity contribution in [3.8, 4) is 0 Å². The van der Waals surface area contributed by atoms with Crippen LogP contribution in [-0.2, 0) is 6.54 Å². The Balaban J connectivity index is 2.02. The van der Waals surface area contributed by atoms with Crippen molar-refractivity contribution in [2.24, 2.45) is 5.73 Å². The normalized spacial score (nSPS) is 10.4. The quantitative estimate of drug-likeness (QED) is 0.785. The molecule has 0 aromatic heterocycles. The number of rotatable bonds is 5. The van der Waals surface area contributed by atoms with E-state index < -0.39 is 12.5 Å². The molecule has 0 spiro atoms. The first-order valence-electron chi connectivity index (χ1n) is 6.32. The maximum Gasteiger partial charge on any atom is 0.316 e. The molecule has 4 N–H and O–H groups in total. The van der Waals surface area contributed by atoms with Gasteiger partial charge in [0, 0.05) is 23.5 Å². The number of amides is 2. The molecule has 2 aromatic carbocycles. The van der Waals surface area contributed by atoms with Gasteiger partial charge in [0.05, 0.1) is 0 Å². The molecule has 4 nitrogen and oxygen atoms in total. The van der Waals surface area contributed by atoms with E-state index in [2.05, 4.69) is 10.6 Å². The van der Waals surface area contributed by atoms with Gasteiger partial charge in [-0.05, 0) is 29.8 Å². The molecule has 6 heteroatoms. The van der Waals surface area contributed by atoms with Crippen molar-refractivity contribution in [3.05, 3.63) is 59.7 Å². The number of halogens is 2. The van der Waals surface area contributed by atoms with Crippen LogP contribution in [-0.4, -0.2) is 6.03 Å². The fraction of sp³-hybridized carbons (Fsp3) is 0.133. The van der Waals surface area contributed by atoms with E-state index in [4.69, 9.17) is 5.73 Å². The molecule has 110 valence electrons. The Bertz CT molecular complexity index is 632. The summed E-state index contributed by atoms with van der Waals surface area (Å²) in [5.74, 6) is 0. The SMILES string of the molecule is NC(=O)Nc1cccc(NCc2cccc(C(F)F)c2)c1. The minimum absolute atomic E-state index is 0.00144. The lowest BCUT2D eigenvalue weighted by Gasteiger charge is -2.09. The van der Waals surface area contributed by atoms with E-state index in [0.717, 1.165) is 11.3 Å². The lowest BCUT2D eigenvalue weighted by atomic mass is 10.1. The van der Waals surface area contributed by atoms with Gasteiger partial charge in [0.2, 0.25) is 0 Å². The summed E-state index contributed by atoms with van der Waals surface area (Å²) in [6, 6.07) is 12.6. The van der Waals surface area contributed by atoms with Gasteiger partial charge in [-0.1, -0.05) is 24.3 Å². The van der Waals surface area contributed by atoms with E-state index in [1.165, 1.54) is 12.1 Å². The maximum atomic E-state index is 12.6. The number of alkyl halides is 2. The third kappa shape index (κ3) is 4.45. The van der Waals surface area contributed by atoms with E-state index >= 15 is 0 Å². The Labute approximate surface area is 121 Å². The highest BCUT2D eigenvalue weighted by atomic mass is 19.3. The van der Waals surface area contributed by atoms with Crippen molar-refractivity contribution in [1.29, 1.82) is 0 Å². The number of hydrogen-bond donors (Lipinski definition) is 3. The van der Waals surface area contributed by atoms with Crippen LogP contribution in [0.4, 0.5) is 25.0 Å². The van der Waals surface area contributed by atoms with E-state index in [0.29, 0.717) is 12.2 Å². The number of nitrogens with one attached hydrogen (secondary N) is 2. The van der Waals surface area contributed by atoms with Crippen LogP contribution in [0.15, 0.2) is 48.5 Å². The fourth-order valence-corrected chi connectivity index (χ4v) is 1.89. The van der Waals surface area contributed by atoms with Crippen molar-refractivity contribution >= 4 is 17.4 Å². The van der Waals surface area contributed by atoms with Crippen LogP contribution in [0.25, 0.3) is 0 Å². The van der Waals surface area contributed by atoms with E-state index in [-0.39, 0.29) is 5.56 Å². The number of carbonyl (C=O) groups excluding carboxylic acids is 1. The number of nitrogens with two attached hydrogens (primary N) is 1. The van der Waals surface area contributed by atoms with Gasteiger partial charge < -0.3 is 16.4 Å². The molecule has 0 aliphatic heterocycles. The topological polar surface area (TPSA) is 67.2 Å². The molecular weight excluding hydrogens is 276 g/mol. The van der Waals surface area contributed by atoms with Gasteiger partial charge in [0.1, 0.15) is 0 Å². The average Bonchev–Trinajstić information content (AvgIpc) is 2.45. The van der Waals surface area contributed by atoms with Crippen LogP contribution in [0.2, 0.25) is 0 Å². The van der Waals surface area contributed by atoms with Gasteiger partial charge in [0.15, 0.2) is 0 Å². The van der Waals surface area contributed by atoms with Gasteiger partial charge >= 0.3 is 6.03 Å². The number of urea groups is 1. The summed E-state index contributed by atoms with van der Waals surface area (Å²) in [7, 11) is 0. The molecule has 0 saturated heterocycles. The molecule has 21 heavy (non-hydrogen) atoms. The Morgan fingerprint density at radius 1 is 1.10 bits per heavy atom. The second-order valence-electron chi connectivity index (χ2n) is 4.47. The summed E-state index contributed by atoms with van der Waals surface area (Å²) in [4.78, 5) is 10.8. The van der Waals surface area contributed by atoms with E-state index in [1.807, 2.05) is 6.07 Å². The van der Waals surface area contributed by atoms with Crippen LogP contribution >= 0.6 is 0 Å². The molecule has 2 rings (SSSR count). The fourth-order valence-electron chi connectivity index (χ4n) is 1.89. The summed E-state index contributed by atoms with van der Waals surface area (Å²) < 4.78 is 25.2. The Morgan fingerprint density at radius 2 is 1.81 bits per heavy atom. The van der Waals surface area contributed by atoms with Crippen LogP contribution in [0.3, 0.4) is 0 Å². The molecule has 0 saturated carbocycles. The molecule has 0 heterocycles. The summed E-state index contributed by atoms with van der Waals surface area (Å²) in [6.45, 7) is 0.403. The van der Waals surface area contributed by atoms with Crippen molar-refractivity contribution < 1.29 is 13.6 Å². The number of benzene rings is 2. The lowest BCUT2D eigenvalue weighted by molar-refractivity contribution is 0.151. The number of anilines is 2. The minimum Gasteiger partial charge on any atom is -0.381 e. The average molecular weight is 291 g/mol.